The Kier molecular flexibility index (Phi) is 7.88. The third kappa shape index (κ3) is 3.78. The number of ether oxygens (including phenoxy) is 1. The summed E-state index contributed by atoms with van der Waals surface area (Å²) in [5.41, 5.74) is 3.11. The van der Waals surface area contributed by atoms with Crippen molar-refractivity contribution in [3.63, 3.8) is 0 Å². The molecule has 0 unspecified atom stereocenters. The predicted octanol–water partition coefficient (Wildman–Crippen LogP) is 4.24. The zero-order chi connectivity index (χ0) is 13.3. The van der Waals surface area contributed by atoms with Crippen LogP contribution in [0.25, 0.3) is 0 Å². The van der Waals surface area contributed by atoms with Crippen molar-refractivity contribution in [2.24, 2.45) is 0 Å². The molecule has 2 heteroatoms. The van der Waals surface area contributed by atoms with Gasteiger partial charge < -0.3 is 4.74 Å². The van der Waals surface area contributed by atoms with E-state index in [1.165, 1.54) is 11.1 Å². The lowest BCUT2D eigenvalue weighted by molar-refractivity contribution is 0.287. The average Bonchev–Trinajstić information content (AvgIpc) is 2.44. The van der Waals surface area contributed by atoms with Gasteiger partial charge in [-0.15, -0.1) is 0 Å². The first-order valence-electron chi connectivity index (χ1n) is 6.48. The third-order valence-electron chi connectivity index (χ3n) is 2.43. The van der Waals surface area contributed by atoms with Crippen molar-refractivity contribution in [1.82, 2.24) is 0 Å². The molecule has 2 rings (SSSR count). The Bertz CT molecular complexity index is 377. The molecule has 0 amide bonds. The van der Waals surface area contributed by atoms with Crippen LogP contribution in [-0.2, 0) is 6.42 Å². The molecular formula is C15H23NO. The van der Waals surface area contributed by atoms with E-state index in [-0.39, 0.29) is 0 Å². The molecule has 0 saturated carbocycles. The summed E-state index contributed by atoms with van der Waals surface area (Å²) in [6.07, 6.45) is 2.10. The molecule has 17 heavy (non-hydrogen) atoms. The largest absolute Gasteiger partial charge is 0.492 e. The van der Waals surface area contributed by atoms with Crippen LogP contribution < -0.4 is 4.74 Å². The van der Waals surface area contributed by atoms with Gasteiger partial charge in [0.15, 0.2) is 0 Å². The number of nitriles is 1. The van der Waals surface area contributed by atoms with Crippen LogP contribution in [0.1, 0.15) is 50.8 Å². The van der Waals surface area contributed by atoms with Crippen molar-refractivity contribution in [3.05, 3.63) is 28.8 Å². The second-order valence-corrected chi connectivity index (χ2v) is 3.30. The fourth-order valence-corrected chi connectivity index (χ4v) is 1.71. The van der Waals surface area contributed by atoms with E-state index in [0.717, 1.165) is 25.2 Å². The molecule has 0 aliphatic carbocycles. The Morgan fingerprint density at radius 1 is 1.18 bits per heavy atom. The second-order valence-electron chi connectivity index (χ2n) is 3.30. The van der Waals surface area contributed by atoms with E-state index < -0.39 is 0 Å². The molecule has 1 aromatic carbocycles. The Morgan fingerprint density at radius 3 is 2.41 bits per heavy atom. The van der Waals surface area contributed by atoms with Crippen LogP contribution in [0.4, 0.5) is 0 Å². The van der Waals surface area contributed by atoms with Crippen molar-refractivity contribution in [3.8, 4) is 11.8 Å². The molecular weight excluding hydrogens is 210 g/mol. The standard InChI is InChI=1S/C11H11NO.2C2H6/c1-8-4-5-9(7-12)11-10(8)3-2-6-13-11;2*1-2/h4-5H,2-3,6H2,1H3;2*1-2H3. The molecule has 0 spiro atoms. The highest BCUT2D eigenvalue weighted by Gasteiger charge is 2.16. The van der Waals surface area contributed by atoms with Crippen LogP contribution in [0.5, 0.6) is 5.75 Å². The van der Waals surface area contributed by atoms with Crippen LogP contribution in [0.2, 0.25) is 0 Å². The topological polar surface area (TPSA) is 33.0 Å². The van der Waals surface area contributed by atoms with Gasteiger partial charge in [0.1, 0.15) is 11.8 Å². The molecule has 0 bridgehead atoms. The van der Waals surface area contributed by atoms with Crippen LogP contribution in [0.3, 0.4) is 0 Å². The first kappa shape index (κ1) is 15.5. The summed E-state index contributed by atoms with van der Waals surface area (Å²) in [6.45, 7) is 10.8. The summed E-state index contributed by atoms with van der Waals surface area (Å²) in [4.78, 5) is 0. The quantitative estimate of drug-likeness (QED) is 0.671. The number of nitrogens with zero attached hydrogens (tertiary/aromatic N) is 1. The zero-order valence-electron chi connectivity index (χ0n) is 11.6. The highest BCUT2D eigenvalue weighted by Crippen LogP contribution is 2.30. The highest BCUT2D eigenvalue weighted by molar-refractivity contribution is 5.52. The molecule has 1 aromatic rings. The van der Waals surface area contributed by atoms with Crippen LogP contribution in [0, 0.1) is 18.3 Å². The smallest absolute Gasteiger partial charge is 0.140 e. The van der Waals surface area contributed by atoms with E-state index >= 15 is 0 Å². The normalized spacial score (nSPS) is 11.5. The fourth-order valence-electron chi connectivity index (χ4n) is 1.71. The summed E-state index contributed by atoms with van der Waals surface area (Å²) in [5.74, 6) is 0.814. The third-order valence-corrected chi connectivity index (χ3v) is 2.43. The van der Waals surface area contributed by atoms with Crippen molar-refractivity contribution >= 4 is 0 Å². The SMILES string of the molecule is CC.CC.Cc1ccc(C#N)c2c1CCCO2. The number of hydrogen-bond acceptors (Lipinski definition) is 2. The maximum absolute atomic E-state index is 8.85. The van der Waals surface area contributed by atoms with Crippen molar-refractivity contribution in [2.45, 2.75) is 47.5 Å². The van der Waals surface area contributed by atoms with Crippen LogP contribution in [0.15, 0.2) is 12.1 Å². The number of rotatable bonds is 0. The van der Waals surface area contributed by atoms with E-state index in [9.17, 15) is 0 Å². The van der Waals surface area contributed by atoms with Crippen molar-refractivity contribution in [1.29, 1.82) is 5.26 Å². The molecule has 0 aromatic heterocycles. The molecule has 0 saturated heterocycles. The highest BCUT2D eigenvalue weighted by atomic mass is 16.5. The van der Waals surface area contributed by atoms with E-state index in [4.69, 9.17) is 10.00 Å². The Balaban J connectivity index is 0.000000581. The minimum absolute atomic E-state index is 0.667. The lowest BCUT2D eigenvalue weighted by Crippen LogP contribution is -2.10. The monoisotopic (exact) mass is 233 g/mol. The summed E-state index contributed by atoms with van der Waals surface area (Å²) in [7, 11) is 0. The first-order chi connectivity index (χ1) is 8.33. The molecule has 0 radical (unpaired) electrons. The molecule has 1 aliphatic rings. The number of aryl methyl sites for hydroxylation is 1. The molecule has 2 nitrogen and oxygen atoms in total. The van der Waals surface area contributed by atoms with E-state index in [1.54, 1.807) is 0 Å². The van der Waals surface area contributed by atoms with Gasteiger partial charge in [-0.2, -0.15) is 5.26 Å². The van der Waals surface area contributed by atoms with Gasteiger partial charge >= 0.3 is 0 Å². The van der Waals surface area contributed by atoms with E-state index in [0.29, 0.717) is 5.56 Å². The maximum atomic E-state index is 8.85. The lowest BCUT2D eigenvalue weighted by atomic mass is 9.98. The summed E-state index contributed by atoms with van der Waals surface area (Å²) < 4.78 is 5.50. The molecule has 1 heterocycles. The predicted molar refractivity (Wildman–Crippen MR) is 72.4 cm³/mol. The summed E-state index contributed by atoms with van der Waals surface area (Å²) >= 11 is 0. The number of benzene rings is 1. The lowest BCUT2D eigenvalue weighted by Gasteiger charge is -2.19. The molecule has 1 aliphatic heterocycles. The van der Waals surface area contributed by atoms with Crippen LogP contribution in [-0.4, -0.2) is 6.61 Å². The van der Waals surface area contributed by atoms with Gasteiger partial charge in [0, 0.05) is 0 Å². The van der Waals surface area contributed by atoms with Crippen molar-refractivity contribution < 1.29 is 4.74 Å². The van der Waals surface area contributed by atoms with Crippen LogP contribution >= 0.6 is 0 Å². The van der Waals surface area contributed by atoms with Gasteiger partial charge in [-0.1, -0.05) is 33.8 Å². The number of fused-ring (bicyclic) bond motifs is 1. The Hall–Kier alpha value is -1.49. The molecule has 0 N–H and O–H groups in total. The van der Waals surface area contributed by atoms with Gasteiger partial charge in [-0.3, -0.25) is 0 Å². The van der Waals surface area contributed by atoms with E-state index in [2.05, 4.69) is 13.0 Å². The second kappa shape index (κ2) is 8.64. The zero-order valence-corrected chi connectivity index (χ0v) is 11.6. The fraction of sp³-hybridized carbons (Fsp3) is 0.533. The minimum atomic E-state index is 0.667. The van der Waals surface area contributed by atoms with Gasteiger partial charge in [0.2, 0.25) is 0 Å². The Labute approximate surface area is 105 Å². The summed E-state index contributed by atoms with van der Waals surface area (Å²) in [6, 6.07) is 5.98. The molecule has 0 atom stereocenters. The molecule has 94 valence electrons. The Morgan fingerprint density at radius 2 is 1.82 bits per heavy atom. The maximum Gasteiger partial charge on any atom is 0.140 e. The molecule has 0 fully saturated rings. The van der Waals surface area contributed by atoms with E-state index in [1.807, 2.05) is 39.8 Å². The van der Waals surface area contributed by atoms with Gasteiger partial charge in [-0.25, -0.2) is 0 Å². The van der Waals surface area contributed by atoms with Gasteiger partial charge in [-0.05, 0) is 37.0 Å². The first-order valence-corrected chi connectivity index (χ1v) is 6.48. The van der Waals surface area contributed by atoms with Gasteiger partial charge in [0.25, 0.3) is 0 Å². The average molecular weight is 233 g/mol. The minimum Gasteiger partial charge on any atom is -0.492 e. The summed E-state index contributed by atoms with van der Waals surface area (Å²) in [5, 5.41) is 8.85. The van der Waals surface area contributed by atoms with Crippen molar-refractivity contribution in [2.75, 3.05) is 6.61 Å². The number of hydrogen-bond donors (Lipinski definition) is 0. The van der Waals surface area contributed by atoms with Gasteiger partial charge in [0.05, 0.1) is 12.2 Å².